The second-order valence-electron chi connectivity index (χ2n) is 6.92. The standard InChI is InChI=1S/C21H19ClN4O4S/c1-13(27)23-20-24-26(14(2)28)21(31-20)16-9-6-10-17(22)18(16)25(19(21)29)11-12-30-15-7-4-3-5-8-15/h3-10H,11-12H2,1-2H3,(H,23,24,27). The van der Waals surface area contributed by atoms with Crippen LogP contribution in [0.1, 0.15) is 19.4 Å². The van der Waals surface area contributed by atoms with Gasteiger partial charge in [0.05, 0.1) is 17.3 Å². The van der Waals surface area contributed by atoms with Crippen molar-refractivity contribution in [3.63, 3.8) is 0 Å². The predicted octanol–water partition coefficient (Wildman–Crippen LogP) is 2.92. The van der Waals surface area contributed by atoms with Crippen LogP contribution in [0.25, 0.3) is 0 Å². The first kappa shape index (κ1) is 21.2. The molecule has 2 aromatic rings. The summed E-state index contributed by atoms with van der Waals surface area (Å²) in [5, 5.41) is 8.44. The highest BCUT2D eigenvalue weighted by Crippen LogP contribution is 2.55. The van der Waals surface area contributed by atoms with Crippen molar-refractivity contribution in [2.24, 2.45) is 5.10 Å². The van der Waals surface area contributed by atoms with Crippen LogP contribution >= 0.6 is 23.4 Å². The molecule has 1 N–H and O–H groups in total. The first-order valence-corrected chi connectivity index (χ1v) is 10.7. The van der Waals surface area contributed by atoms with Crippen molar-refractivity contribution in [3.8, 4) is 5.75 Å². The third kappa shape index (κ3) is 3.64. The van der Waals surface area contributed by atoms with Crippen molar-refractivity contribution in [1.29, 1.82) is 0 Å². The highest BCUT2D eigenvalue weighted by Gasteiger charge is 2.61. The third-order valence-corrected chi connectivity index (χ3v) is 6.34. The van der Waals surface area contributed by atoms with Crippen LogP contribution in [0.4, 0.5) is 5.69 Å². The Balaban J connectivity index is 1.69. The van der Waals surface area contributed by atoms with Crippen LogP contribution in [0, 0.1) is 0 Å². The number of nitrogens with one attached hydrogen (secondary N) is 1. The second kappa shape index (κ2) is 8.24. The summed E-state index contributed by atoms with van der Waals surface area (Å²) in [4.78, 5) is 37.8. The number of anilines is 1. The monoisotopic (exact) mass is 458 g/mol. The van der Waals surface area contributed by atoms with Gasteiger partial charge in [0.1, 0.15) is 12.4 Å². The van der Waals surface area contributed by atoms with E-state index in [2.05, 4.69) is 10.4 Å². The molecule has 1 spiro atoms. The summed E-state index contributed by atoms with van der Waals surface area (Å²) in [6, 6.07) is 14.4. The van der Waals surface area contributed by atoms with Gasteiger partial charge >= 0.3 is 0 Å². The maximum absolute atomic E-state index is 13.7. The lowest BCUT2D eigenvalue weighted by Crippen LogP contribution is -2.49. The first-order chi connectivity index (χ1) is 14.8. The number of carbonyl (C=O) groups excluding carboxylic acids is 3. The quantitative estimate of drug-likeness (QED) is 0.760. The molecule has 160 valence electrons. The van der Waals surface area contributed by atoms with Crippen molar-refractivity contribution in [2.45, 2.75) is 18.7 Å². The maximum Gasteiger partial charge on any atom is 0.270 e. The Hall–Kier alpha value is -3.04. The number of thioether (sulfide) groups is 1. The molecule has 2 aliphatic rings. The van der Waals surface area contributed by atoms with Gasteiger partial charge in [0.2, 0.25) is 16.7 Å². The molecule has 2 aromatic carbocycles. The van der Waals surface area contributed by atoms with Gasteiger partial charge < -0.3 is 15.0 Å². The number of halogens is 1. The van der Waals surface area contributed by atoms with E-state index in [0.29, 0.717) is 22.0 Å². The molecule has 0 fully saturated rings. The zero-order valence-electron chi connectivity index (χ0n) is 16.8. The molecule has 3 amide bonds. The minimum Gasteiger partial charge on any atom is -0.492 e. The summed E-state index contributed by atoms with van der Waals surface area (Å²) in [7, 11) is 0. The molecule has 1 atom stereocenters. The Bertz CT molecular complexity index is 1090. The number of fused-ring (bicyclic) bond motifs is 2. The summed E-state index contributed by atoms with van der Waals surface area (Å²) < 4.78 is 5.76. The molecule has 4 rings (SSSR count). The van der Waals surface area contributed by atoms with Gasteiger partial charge in [-0.05, 0) is 30.0 Å². The minimum absolute atomic E-state index is 0.171. The third-order valence-electron chi connectivity index (χ3n) is 4.80. The van der Waals surface area contributed by atoms with Gasteiger partial charge in [-0.25, -0.2) is 0 Å². The molecule has 0 aromatic heterocycles. The molecule has 0 radical (unpaired) electrons. The van der Waals surface area contributed by atoms with Crippen molar-refractivity contribution >= 4 is 51.9 Å². The van der Waals surface area contributed by atoms with Crippen molar-refractivity contribution < 1.29 is 19.1 Å². The summed E-state index contributed by atoms with van der Waals surface area (Å²) >= 11 is 7.49. The van der Waals surface area contributed by atoms with Crippen LogP contribution in [0.15, 0.2) is 53.6 Å². The first-order valence-electron chi connectivity index (χ1n) is 9.49. The number of ether oxygens (including phenoxy) is 1. The largest absolute Gasteiger partial charge is 0.492 e. The molecule has 1 unspecified atom stereocenters. The predicted molar refractivity (Wildman–Crippen MR) is 119 cm³/mol. The highest BCUT2D eigenvalue weighted by atomic mass is 35.5. The van der Waals surface area contributed by atoms with Crippen LogP contribution < -0.4 is 15.0 Å². The van der Waals surface area contributed by atoms with Crippen molar-refractivity contribution in [3.05, 3.63) is 59.1 Å². The average Bonchev–Trinajstić information content (AvgIpc) is 3.21. The number of nitrogens with zero attached hydrogens (tertiary/aromatic N) is 3. The van der Waals surface area contributed by atoms with Gasteiger partial charge in [0.15, 0.2) is 5.17 Å². The Morgan fingerprint density at radius 3 is 2.58 bits per heavy atom. The van der Waals surface area contributed by atoms with Crippen LogP contribution in [-0.2, 0) is 19.3 Å². The van der Waals surface area contributed by atoms with E-state index in [4.69, 9.17) is 16.3 Å². The van der Waals surface area contributed by atoms with E-state index in [1.807, 2.05) is 30.3 Å². The smallest absolute Gasteiger partial charge is 0.270 e. The van der Waals surface area contributed by atoms with E-state index >= 15 is 0 Å². The molecule has 2 aliphatic heterocycles. The summed E-state index contributed by atoms with van der Waals surface area (Å²) in [5.74, 6) is -0.483. The zero-order chi connectivity index (χ0) is 22.2. The number of carbonyl (C=O) groups is 3. The summed E-state index contributed by atoms with van der Waals surface area (Å²) in [6.07, 6.45) is 0. The number of hydrazone groups is 1. The lowest BCUT2D eigenvalue weighted by Gasteiger charge is -2.29. The Morgan fingerprint density at radius 2 is 1.90 bits per heavy atom. The molecule has 0 bridgehead atoms. The number of amides is 3. The maximum atomic E-state index is 13.7. The molecule has 10 heteroatoms. The van der Waals surface area contributed by atoms with Gasteiger partial charge in [0, 0.05) is 19.4 Å². The number of hydrogen-bond acceptors (Lipinski definition) is 6. The lowest BCUT2D eigenvalue weighted by molar-refractivity contribution is -0.139. The number of para-hydroxylation sites is 2. The zero-order valence-corrected chi connectivity index (χ0v) is 18.4. The minimum atomic E-state index is -1.48. The van der Waals surface area contributed by atoms with Gasteiger partial charge in [-0.2, -0.15) is 5.01 Å². The fraction of sp³-hybridized carbons (Fsp3) is 0.238. The normalized spacial score (nSPS) is 19.5. The Morgan fingerprint density at radius 1 is 1.16 bits per heavy atom. The van der Waals surface area contributed by atoms with Crippen LogP contribution in [-0.4, -0.2) is 41.0 Å². The number of hydrogen-bond donors (Lipinski definition) is 1. The van der Waals surface area contributed by atoms with E-state index in [0.717, 1.165) is 16.8 Å². The molecule has 0 saturated carbocycles. The molecule has 31 heavy (non-hydrogen) atoms. The van der Waals surface area contributed by atoms with Crippen molar-refractivity contribution in [2.75, 3.05) is 18.1 Å². The molecule has 2 heterocycles. The Labute approximate surface area is 188 Å². The van der Waals surface area contributed by atoms with Gasteiger partial charge in [-0.3, -0.25) is 14.4 Å². The fourth-order valence-corrected chi connectivity index (χ4v) is 5.21. The molecular formula is C21H19ClN4O4S. The van der Waals surface area contributed by atoms with Crippen molar-refractivity contribution in [1.82, 2.24) is 10.3 Å². The van der Waals surface area contributed by atoms with Gasteiger partial charge in [0.25, 0.3) is 5.91 Å². The molecule has 0 aliphatic carbocycles. The Kier molecular flexibility index (Phi) is 5.63. The average molecular weight is 459 g/mol. The van der Waals surface area contributed by atoms with Gasteiger partial charge in [-0.15, -0.1) is 5.10 Å². The van der Waals surface area contributed by atoms with Crippen LogP contribution in [0.2, 0.25) is 5.02 Å². The number of rotatable bonds is 4. The van der Waals surface area contributed by atoms with E-state index in [1.165, 1.54) is 18.7 Å². The van der Waals surface area contributed by atoms with E-state index < -0.39 is 10.8 Å². The van der Waals surface area contributed by atoms with E-state index in [9.17, 15) is 14.4 Å². The number of amidine groups is 1. The molecule has 8 nitrogen and oxygen atoms in total. The van der Waals surface area contributed by atoms with Gasteiger partial charge in [-0.1, -0.05) is 41.9 Å². The van der Waals surface area contributed by atoms with E-state index in [-0.39, 0.29) is 30.1 Å². The van der Waals surface area contributed by atoms with Crippen LogP contribution in [0.3, 0.4) is 0 Å². The molecular weight excluding hydrogens is 440 g/mol. The highest BCUT2D eigenvalue weighted by molar-refractivity contribution is 8.15. The SMILES string of the molecule is CC(=O)NC1=NN(C(C)=O)C2(S1)C(=O)N(CCOc1ccccc1)c1c(Cl)cccc12. The lowest BCUT2D eigenvalue weighted by atomic mass is 10.1. The second-order valence-corrected chi connectivity index (χ2v) is 8.51. The topological polar surface area (TPSA) is 91.3 Å². The summed E-state index contributed by atoms with van der Waals surface area (Å²) in [6.45, 7) is 3.09. The fourth-order valence-electron chi connectivity index (χ4n) is 3.61. The van der Waals surface area contributed by atoms with E-state index in [1.54, 1.807) is 18.2 Å². The van der Waals surface area contributed by atoms with Crippen LogP contribution in [0.5, 0.6) is 5.75 Å². The summed E-state index contributed by atoms with van der Waals surface area (Å²) in [5.41, 5.74) is 1.04. The number of benzene rings is 2. The molecule has 0 saturated heterocycles.